The third-order valence-electron chi connectivity index (χ3n) is 4.83. The molecule has 32 heavy (non-hydrogen) atoms. The third-order valence-corrected chi connectivity index (χ3v) is 8.06. The molecule has 0 aliphatic carbocycles. The molecule has 1 heterocycles. The predicted octanol–water partition coefficient (Wildman–Crippen LogP) is 5.60. The first-order valence-electron chi connectivity index (χ1n) is 9.98. The summed E-state index contributed by atoms with van der Waals surface area (Å²) in [4.78, 5) is 6.78. The molecule has 2 aromatic carbocycles. The average molecular weight is 489 g/mol. The number of nitrogens with zero attached hydrogens (tertiary/aromatic N) is 1. The molecule has 0 aliphatic rings. The fourth-order valence-electron chi connectivity index (χ4n) is 2.78. The van der Waals surface area contributed by atoms with E-state index in [4.69, 9.17) is 22.3 Å². The number of sulfone groups is 1. The highest BCUT2D eigenvalue weighted by Gasteiger charge is 2.18. The van der Waals surface area contributed by atoms with E-state index in [-0.39, 0.29) is 11.4 Å². The highest BCUT2D eigenvalue weighted by Crippen LogP contribution is 2.32. The molecule has 0 bridgehead atoms. The highest BCUT2D eigenvalue weighted by atomic mass is 35.5. The van der Waals surface area contributed by atoms with Gasteiger partial charge in [0, 0.05) is 10.6 Å². The molecular formula is C24H25ClN2O3S2. The van der Waals surface area contributed by atoms with E-state index in [9.17, 15) is 13.5 Å². The molecule has 0 radical (unpaired) electrons. The smallest absolute Gasteiger partial charge is 0.178 e. The fraction of sp³-hybridized carbons (Fsp3) is 0.208. The molecule has 3 aromatic rings. The number of halogens is 1. The molecule has 0 spiro atoms. The number of aliphatic imine (C=N–C) groups is 1. The third kappa shape index (κ3) is 5.66. The number of hydrogen-bond donors (Lipinski definition) is 2. The SMILES string of the molecule is CCS(=O)(=O)c1ccc(-c2ccc(C(C=C(N)C(C)(C)O)=Nc3ccccc3Cl)s2)cc1. The molecule has 5 nitrogen and oxygen atoms in total. The maximum atomic E-state index is 12.1. The van der Waals surface area contributed by atoms with E-state index in [0.717, 1.165) is 15.3 Å². The Morgan fingerprint density at radius 2 is 1.78 bits per heavy atom. The maximum absolute atomic E-state index is 12.1. The van der Waals surface area contributed by atoms with Crippen LogP contribution in [0.2, 0.25) is 5.02 Å². The number of allylic oxidation sites excluding steroid dienone is 1. The van der Waals surface area contributed by atoms with Crippen LogP contribution in [0.15, 0.2) is 82.3 Å². The van der Waals surface area contributed by atoms with Gasteiger partial charge in [-0.05, 0) is 61.9 Å². The van der Waals surface area contributed by atoms with E-state index in [2.05, 4.69) is 0 Å². The molecule has 0 aliphatic heterocycles. The van der Waals surface area contributed by atoms with Gasteiger partial charge in [0.2, 0.25) is 0 Å². The number of hydrogen-bond acceptors (Lipinski definition) is 6. The van der Waals surface area contributed by atoms with Crippen LogP contribution in [-0.4, -0.2) is 30.6 Å². The molecule has 1 aromatic heterocycles. The summed E-state index contributed by atoms with van der Waals surface area (Å²) in [6.07, 6.45) is 1.65. The van der Waals surface area contributed by atoms with Crippen molar-refractivity contribution in [2.75, 3.05) is 5.75 Å². The van der Waals surface area contributed by atoms with Gasteiger partial charge >= 0.3 is 0 Å². The van der Waals surface area contributed by atoms with Crippen molar-refractivity contribution < 1.29 is 13.5 Å². The van der Waals surface area contributed by atoms with Crippen molar-refractivity contribution in [1.29, 1.82) is 0 Å². The number of rotatable bonds is 7. The van der Waals surface area contributed by atoms with Gasteiger partial charge in [-0.25, -0.2) is 13.4 Å². The summed E-state index contributed by atoms with van der Waals surface area (Å²) in [6, 6.07) is 17.9. The zero-order valence-corrected chi connectivity index (χ0v) is 20.4. The van der Waals surface area contributed by atoms with Gasteiger partial charge in [0.05, 0.1) is 37.5 Å². The Morgan fingerprint density at radius 3 is 2.38 bits per heavy atom. The van der Waals surface area contributed by atoms with Crippen molar-refractivity contribution in [3.05, 3.63) is 82.3 Å². The molecule has 8 heteroatoms. The highest BCUT2D eigenvalue weighted by molar-refractivity contribution is 7.91. The number of aliphatic hydroxyl groups is 1. The van der Waals surface area contributed by atoms with Crippen LogP contribution in [0.5, 0.6) is 0 Å². The molecule has 0 saturated heterocycles. The first kappa shape index (κ1) is 24.2. The van der Waals surface area contributed by atoms with Crippen LogP contribution >= 0.6 is 22.9 Å². The van der Waals surface area contributed by atoms with Crippen molar-refractivity contribution >= 4 is 44.2 Å². The first-order valence-corrected chi connectivity index (χ1v) is 12.8. The lowest BCUT2D eigenvalue weighted by Gasteiger charge is -2.18. The fourth-order valence-corrected chi connectivity index (χ4v) is 4.81. The van der Waals surface area contributed by atoms with Crippen molar-refractivity contribution in [3.8, 4) is 10.4 Å². The van der Waals surface area contributed by atoms with E-state index < -0.39 is 15.4 Å². The summed E-state index contributed by atoms with van der Waals surface area (Å²) in [5.41, 5.74) is 7.23. The Hall–Kier alpha value is -2.45. The molecule has 3 rings (SSSR count). The van der Waals surface area contributed by atoms with Gasteiger partial charge in [-0.1, -0.05) is 42.8 Å². The Balaban J connectivity index is 2.04. The zero-order chi connectivity index (χ0) is 23.5. The van der Waals surface area contributed by atoms with Crippen LogP contribution in [0, 0.1) is 0 Å². The summed E-state index contributed by atoms with van der Waals surface area (Å²) in [7, 11) is -3.25. The molecule has 3 N–H and O–H groups in total. The monoisotopic (exact) mass is 488 g/mol. The summed E-state index contributed by atoms with van der Waals surface area (Å²) >= 11 is 7.78. The van der Waals surface area contributed by atoms with Crippen LogP contribution in [0.25, 0.3) is 10.4 Å². The molecule has 0 fully saturated rings. The normalized spacial score (nSPS) is 13.4. The lowest BCUT2D eigenvalue weighted by atomic mass is 10.0. The standard InChI is InChI=1S/C24H25ClN2O3S2/c1-4-32(29,30)17-11-9-16(10-12-17)21-13-14-22(31-21)20(15-23(26)24(2,3)28)27-19-8-6-5-7-18(19)25/h5-15,28H,4,26H2,1-3H3. The van der Waals surface area contributed by atoms with Crippen LogP contribution in [0.1, 0.15) is 25.6 Å². The van der Waals surface area contributed by atoms with Crippen LogP contribution in [0.4, 0.5) is 5.69 Å². The predicted molar refractivity (Wildman–Crippen MR) is 134 cm³/mol. The van der Waals surface area contributed by atoms with Crippen LogP contribution in [-0.2, 0) is 9.84 Å². The zero-order valence-electron chi connectivity index (χ0n) is 18.0. The molecular weight excluding hydrogens is 464 g/mol. The van der Waals surface area contributed by atoms with E-state index in [1.807, 2.05) is 24.3 Å². The number of thiophene rings is 1. The van der Waals surface area contributed by atoms with Gasteiger partial charge in [0.25, 0.3) is 0 Å². The number of benzene rings is 2. The summed E-state index contributed by atoms with van der Waals surface area (Å²) < 4.78 is 24.1. The second-order valence-corrected chi connectivity index (χ2v) is 11.5. The number of nitrogens with two attached hydrogens (primary N) is 1. The van der Waals surface area contributed by atoms with Gasteiger partial charge in [-0.2, -0.15) is 0 Å². The van der Waals surface area contributed by atoms with Crippen molar-refractivity contribution in [2.24, 2.45) is 10.7 Å². The number of para-hydroxylation sites is 1. The van der Waals surface area contributed by atoms with Gasteiger partial charge in [-0.3, -0.25) is 0 Å². The first-order chi connectivity index (χ1) is 15.0. The van der Waals surface area contributed by atoms with Crippen molar-refractivity contribution in [2.45, 2.75) is 31.3 Å². The van der Waals surface area contributed by atoms with E-state index >= 15 is 0 Å². The van der Waals surface area contributed by atoms with Crippen molar-refractivity contribution in [3.63, 3.8) is 0 Å². The van der Waals surface area contributed by atoms with Crippen molar-refractivity contribution in [1.82, 2.24) is 0 Å². The Bertz CT molecular complexity index is 1270. The molecule has 0 amide bonds. The van der Waals surface area contributed by atoms with Gasteiger partial charge < -0.3 is 10.8 Å². The summed E-state index contributed by atoms with van der Waals surface area (Å²) in [5, 5.41) is 10.8. The Labute approximate surface area is 197 Å². The minimum Gasteiger partial charge on any atom is -0.400 e. The molecule has 0 atom stereocenters. The second kappa shape index (κ2) is 9.58. The molecule has 0 unspecified atom stereocenters. The quantitative estimate of drug-likeness (QED) is 0.423. The van der Waals surface area contributed by atoms with Gasteiger partial charge in [0.15, 0.2) is 9.84 Å². The largest absolute Gasteiger partial charge is 0.400 e. The van der Waals surface area contributed by atoms with Crippen LogP contribution < -0.4 is 5.73 Å². The van der Waals surface area contributed by atoms with Crippen LogP contribution in [0.3, 0.4) is 0 Å². The maximum Gasteiger partial charge on any atom is 0.178 e. The van der Waals surface area contributed by atoms with E-state index in [0.29, 0.717) is 21.3 Å². The van der Waals surface area contributed by atoms with E-state index in [1.54, 1.807) is 63.2 Å². The van der Waals surface area contributed by atoms with Gasteiger partial charge in [0.1, 0.15) is 0 Å². The molecule has 0 saturated carbocycles. The average Bonchev–Trinajstić information content (AvgIpc) is 3.24. The van der Waals surface area contributed by atoms with E-state index in [1.165, 1.54) is 11.3 Å². The minimum absolute atomic E-state index is 0.0618. The Morgan fingerprint density at radius 1 is 1.12 bits per heavy atom. The Kier molecular flexibility index (Phi) is 7.25. The molecule has 168 valence electrons. The topological polar surface area (TPSA) is 92.8 Å². The minimum atomic E-state index is -3.25. The lowest BCUT2D eigenvalue weighted by Crippen LogP contribution is -2.28. The van der Waals surface area contributed by atoms with Gasteiger partial charge in [-0.15, -0.1) is 11.3 Å². The summed E-state index contributed by atoms with van der Waals surface area (Å²) in [6.45, 7) is 4.84. The summed E-state index contributed by atoms with van der Waals surface area (Å²) in [5.74, 6) is 0.0618. The second-order valence-electron chi connectivity index (χ2n) is 7.70. The lowest BCUT2D eigenvalue weighted by molar-refractivity contribution is 0.118.